The molecule has 0 atom stereocenters. The standard InChI is InChI=1S/C19H20BrN5O5S2/c1-11(26)25(32(3,27)28)14-8-12(9-21-18(14)29-2)15-17-16(13(20)10-31-17)23-19(22-15)24-4-6-30-7-5-24/h8-10H,4-7H2,1-3H3. The van der Waals surface area contributed by atoms with Gasteiger partial charge in [-0.3, -0.25) is 4.79 Å². The van der Waals surface area contributed by atoms with Crippen LogP contribution in [0.2, 0.25) is 0 Å². The van der Waals surface area contributed by atoms with E-state index in [9.17, 15) is 13.2 Å². The third-order valence-electron chi connectivity index (χ3n) is 4.79. The lowest BCUT2D eigenvalue weighted by molar-refractivity contribution is -0.115. The third kappa shape index (κ3) is 4.29. The molecular formula is C19H20BrN5O5S2. The van der Waals surface area contributed by atoms with Crippen molar-refractivity contribution in [1.82, 2.24) is 15.0 Å². The Hall–Kier alpha value is -2.35. The lowest BCUT2D eigenvalue weighted by Gasteiger charge is -2.27. The number of ether oxygens (including phenoxy) is 2. The minimum absolute atomic E-state index is 0.0143. The molecule has 3 aromatic rings. The van der Waals surface area contributed by atoms with Crippen LogP contribution < -0.4 is 13.9 Å². The van der Waals surface area contributed by atoms with Gasteiger partial charge < -0.3 is 14.4 Å². The molecule has 0 spiro atoms. The summed E-state index contributed by atoms with van der Waals surface area (Å²) in [6, 6.07) is 1.55. The molecule has 1 amide bonds. The van der Waals surface area contributed by atoms with Crippen LogP contribution >= 0.6 is 27.3 Å². The molecule has 1 saturated heterocycles. The van der Waals surface area contributed by atoms with E-state index in [2.05, 4.69) is 20.9 Å². The highest BCUT2D eigenvalue weighted by atomic mass is 79.9. The van der Waals surface area contributed by atoms with Crippen LogP contribution in [-0.2, 0) is 19.6 Å². The predicted octanol–water partition coefficient (Wildman–Crippen LogP) is 2.67. The molecule has 10 nitrogen and oxygen atoms in total. The van der Waals surface area contributed by atoms with Crippen molar-refractivity contribution < 1.29 is 22.7 Å². The minimum atomic E-state index is -3.91. The molecule has 0 saturated carbocycles. The van der Waals surface area contributed by atoms with E-state index in [0.717, 1.165) is 20.9 Å². The fraction of sp³-hybridized carbons (Fsp3) is 0.368. The Morgan fingerprint density at radius 1 is 1.31 bits per heavy atom. The molecular weight excluding hydrogens is 522 g/mol. The van der Waals surface area contributed by atoms with Crippen LogP contribution in [0.4, 0.5) is 11.6 Å². The summed E-state index contributed by atoms with van der Waals surface area (Å²) < 4.78 is 37.7. The molecule has 0 N–H and O–H groups in total. The number of nitrogens with zero attached hydrogens (tertiary/aromatic N) is 5. The highest BCUT2D eigenvalue weighted by molar-refractivity contribution is 9.10. The normalized spacial score (nSPS) is 14.6. The molecule has 4 heterocycles. The fourth-order valence-corrected chi connectivity index (χ4v) is 5.96. The minimum Gasteiger partial charge on any atom is -0.479 e. The molecule has 3 aromatic heterocycles. The number of methoxy groups -OCH3 is 1. The number of carbonyl (C=O) groups excluding carboxylic acids is 1. The fourth-order valence-electron chi connectivity index (χ4n) is 3.43. The topological polar surface area (TPSA) is 115 Å². The van der Waals surface area contributed by atoms with E-state index in [0.29, 0.717) is 47.8 Å². The van der Waals surface area contributed by atoms with Crippen LogP contribution in [0.25, 0.3) is 21.5 Å². The first-order valence-corrected chi connectivity index (χ1v) is 13.1. The highest BCUT2D eigenvalue weighted by Crippen LogP contribution is 2.39. The van der Waals surface area contributed by atoms with Gasteiger partial charge in [0, 0.05) is 37.2 Å². The van der Waals surface area contributed by atoms with Gasteiger partial charge in [-0.25, -0.2) is 27.7 Å². The largest absolute Gasteiger partial charge is 0.479 e. The number of hydrogen-bond acceptors (Lipinski definition) is 10. The zero-order valence-electron chi connectivity index (χ0n) is 17.5. The second-order valence-corrected chi connectivity index (χ2v) is 10.6. The van der Waals surface area contributed by atoms with Crippen LogP contribution in [0.5, 0.6) is 5.88 Å². The molecule has 0 aromatic carbocycles. The number of carbonyl (C=O) groups is 1. The van der Waals surface area contributed by atoms with Gasteiger partial charge in [0.25, 0.3) is 0 Å². The van der Waals surface area contributed by atoms with Gasteiger partial charge in [-0.05, 0) is 22.0 Å². The van der Waals surface area contributed by atoms with E-state index in [1.165, 1.54) is 25.4 Å². The van der Waals surface area contributed by atoms with Gasteiger partial charge >= 0.3 is 0 Å². The van der Waals surface area contributed by atoms with Gasteiger partial charge in [-0.1, -0.05) is 0 Å². The Morgan fingerprint density at radius 3 is 2.66 bits per heavy atom. The van der Waals surface area contributed by atoms with Crippen molar-refractivity contribution >= 4 is 65.0 Å². The van der Waals surface area contributed by atoms with Gasteiger partial charge in [0.2, 0.25) is 27.8 Å². The SMILES string of the molecule is COc1ncc(-c2nc(N3CCOCC3)nc3c(Br)csc23)cc1N(C(C)=O)S(C)(=O)=O. The first-order chi connectivity index (χ1) is 15.2. The molecule has 1 fully saturated rings. The molecule has 1 aliphatic heterocycles. The van der Waals surface area contributed by atoms with Crippen molar-refractivity contribution in [3.8, 4) is 17.1 Å². The summed E-state index contributed by atoms with van der Waals surface area (Å²) in [5.41, 5.74) is 1.88. The number of amides is 1. The summed E-state index contributed by atoms with van der Waals surface area (Å²) in [4.78, 5) is 28.0. The van der Waals surface area contributed by atoms with E-state index < -0.39 is 15.9 Å². The molecule has 4 rings (SSSR count). The summed E-state index contributed by atoms with van der Waals surface area (Å²) in [5, 5.41) is 1.92. The van der Waals surface area contributed by atoms with Crippen molar-refractivity contribution in [3.63, 3.8) is 0 Å². The van der Waals surface area contributed by atoms with E-state index >= 15 is 0 Å². The van der Waals surface area contributed by atoms with Crippen molar-refractivity contribution in [2.24, 2.45) is 0 Å². The van der Waals surface area contributed by atoms with E-state index in [-0.39, 0.29) is 11.6 Å². The molecule has 0 bridgehead atoms. The number of aromatic nitrogens is 3. The first-order valence-electron chi connectivity index (χ1n) is 9.53. The maximum absolute atomic E-state index is 12.3. The number of pyridine rings is 1. The van der Waals surface area contributed by atoms with Crippen molar-refractivity contribution in [3.05, 3.63) is 22.1 Å². The Morgan fingerprint density at radius 2 is 2.03 bits per heavy atom. The average Bonchev–Trinajstić information content (AvgIpc) is 3.13. The quantitative estimate of drug-likeness (QED) is 0.480. The van der Waals surface area contributed by atoms with Crippen LogP contribution in [0.15, 0.2) is 22.1 Å². The van der Waals surface area contributed by atoms with Crippen LogP contribution in [0.1, 0.15) is 6.92 Å². The molecule has 170 valence electrons. The Balaban J connectivity index is 1.93. The van der Waals surface area contributed by atoms with Crippen molar-refractivity contribution in [2.75, 3.05) is 48.9 Å². The first kappa shape index (κ1) is 22.8. The molecule has 0 unspecified atom stereocenters. The summed E-state index contributed by atoms with van der Waals surface area (Å²) in [5.74, 6) is -0.121. The number of fused-ring (bicyclic) bond motifs is 1. The smallest absolute Gasteiger partial charge is 0.238 e. The van der Waals surface area contributed by atoms with Gasteiger partial charge in [0.05, 0.1) is 41.4 Å². The molecule has 32 heavy (non-hydrogen) atoms. The summed E-state index contributed by atoms with van der Waals surface area (Å²) >= 11 is 5.00. The van der Waals surface area contributed by atoms with Crippen LogP contribution in [-0.4, -0.2) is 68.9 Å². The maximum atomic E-state index is 12.3. The Kier molecular flexibility index (Phi) is 6.34. The highest BCUT2D eigenvalue weighted by Gasteiger charge is 2.28. The number of halogens is 1. The van der Waals surface area contributed by atoms with Crippen LogP contribution in [0, 0.1) is 0 Å². The van der Waals surface area contributed by atoms with Crippen LogP contribution in [0.3, 0.4) is 0 Å². The average molecular weight is 542 g/mol. The number of anilines is 2. The maximum Gasteiger partial charge on any atom is 0.238 e. The lowest BCUT2D eigenvalue weighted by Crippen LogP contribution is -2.37. The van der Waals surface area contributed by atoms with Gasteiger partial charge in [0.1, 0.15) is 11.2 Å². The Bertz CT molecular complexity index is 1290. The van der Waals surface area contributed by atoms with E-state index in [4.69, 9.17) is 19.4 Å². The zero-order valence-corrected chi connectivity index (χ0v) is 20.8. The Labute approximate surface area is 197 Å². The van der Waals surface area contributed by atoms with E-state index in [1.54, 1.807) is 12.3 Å². The predicted molar refractivity (Wildman–Crippen MR) is 126 cm³/mol. The monoisotopic (exact) mass is 541 g/mol. The second-order valence-electron chi connectivity index (χ2n) is 7.03. The molecule has 1 aliphatic rings. The number of rotatable bonds is 5. The second kappa shape index (κ2) is 8.89. The summed E-state index contributed by atoms with van der Waals surface area (Å²) in [7, 11) is -2.55. The molecule has 0 radical (unpaired) electrons. The van der Waals surface area contributed by atoms with Gasteiger partial charge in [0.15, 0.2) is 0 Å². The molecule has 13 heteroatoms. The van der Waals surface area contributed by atoms with Gasteiger partial charge in [-0.2, -0.15) is 0 Å². The van der Waals surface area contributed by atoms with Crippen molar-refractivity contribution in [2.45, 2.75) is 6.92 Å². The zero-order chi connectivity index (χ0) is 23.0. The number of morpholine rings is 1. The number of thiophene rings is 1. The van der Waals surface area contributed by atoms with E-state index in [1.807, 2.05) is 10.3 Å². The lowest BCUT2D eigenvalue weighted by atomic mass is 10.1. The van der Waals surface area contributed by atoms with Gasteiger partial charge in [-0.15, -0.1) is 11.3 Å². The summed E-state index contributed by atoms with van der Waals surface area (Å²) in [6.07, 6.45) is 2.50. The number of sulfonamides is 1. The molecule has 0 aliphatic carbocycles. The summed E-state index contributed by atoms with van der Waals surface area (Å²) in [6.45, 7) is 3.65. The third-order valence-corrected chi connectivity index (χ3v) is 7.79. The number of hydrogen-bond donors (Lipinski definition) is 0. The van der Waals surface area contributed by atoms with Crippen molar-refractivity contribution in [1.29, 1.82) is 0 Å².